The number of aromatic nitrogens is 5. The fraction of sp³-hybridized carbons (Fsp3) is 0.320. The number of hydrogen-bond acceptors (Lipinski definition) is 11. The molecule has 1 aliphatic heterocycles. The van der Waals surface area contributed by atoms with Gasteiger partial charge in [0.15, 0.2) is 34.7 Å². The number of ether oxygens (including phenoxy) is 1. The second-order valence-electron chi connectivity index (χ2n) is 9.45. The van der Waals surface area contributed by atoms with Crippen molar-refractivity contribution in [2.24, 2.45) is 0 Å². The Balaban J connectivity index is 1.16. The molecule has 0 spiro atoms. The summed E-state index contributed by atoms with van der Waals surface area (Å²) in [5, 5.41) is 13.4. The Hall–Kier alpha value is -4.57. The van der Waals surface area contributed by atoms with Crippen LogP contribution in [0.25, 0.3) is 27.6 Å². The molecule has 6 rings (SSSR count). The molecule has 5 heterocycles. The maximum atomic E-state index is 14.6. The van der Waals surface area contributed by atoms with Gasteiger partial charge in [0.2, 0.25) is 11.8 Å². The predicted octanol–water partition coefficient (Wildman–Crippen LogP) is 2.30. The van der Waals surface area contributed by atoms with Crippen molar-refractivity contribution in [3.8, 4) is 17.3 Å². The lowest BCUT2D eigenvalue weighted by atomic mass is 10.2. The number of furan rings is 1. The number of rotatable bonds is 8. The second kappa shape index (κ2) is 10.4. The highest BCUT2D eigenvalue weighted by Crippen LogP contribution is 2.30. The molecular weight excluding hydrogens is 562 g/mol. The van der Waals surface area contributed by atoms with Gasteiger partial charge < -0.3 is 24.9 Å². The highest BCUT2D eigenvalue weighted by molar-refractivity contribution is 7.17. The zero-order chi connectivity index (χ0) is 28.8. The van der Waals surface area contributed by atoms with Gasteiger partial charge in [-0.05, 0) is 19.1 Å². The number of nitrogen functional groups attached to an aromatic ring is 1. The largest absolute Gasteiger partial charge is 0.479 e. The van der Waals surface area contributed by atoms with E-state index in [0.29, 0.717) is 72.9 Å². The van der Waals surface area contributed by atoms with E-state index in [1.54, 1.807) is 21.6 Å². The van der Waals surface area contributed by atoms with Crippen LogP contribution >= 0.6 is 11.3 Å². The monoisotopic (exact) mass is 586 g/mol. The van der Waals surface area contributed by atoms with E-state index in [4.69, 9.17) is 20.0 Å². The van der Waals surface area contributed by atoms with Gasteiger partial charge in [-0.25, -0.2) is 18.6 Å². The van der Waals surface area contributed by atoms with E-state index in [0.717, 1.165) is 11.3 Å². The van der Waals surface area contributed by atoms with Gasteiger partial charge in [-0.1, -0.05) is 11.3 Å². The molecule has 5 aromatic rings. The van der Waals surface area contributed by atoms with Crippen LogP contribution in [-0.2, 0) is 11.3 Å². The van der Waals surface area contributed by atoms with Crippen molar-refractivity contribution in [2.75, 3.05) is 43.4 Å². The fourth-order valence-electron chi connectivity index (χ4n) is 4.68. The molecule has 1 aromatic carbocycles. The minimum atomic E-state index is -1.29. The lowest BCUT2D eigenvalue weighted by Crippen LogP contribution is -2.47. The lowest BCUT2D eigenvalue weighted by molar-refractivity contribution is -0.144. The van der Waals surface area contributed by atoms with E-state index in [9.17, 15) is 18.4 Å². The number of carboxylic acids is 1. The summed E-state index contributed by atoms with van der Waals surface area (Å²) in [5.74, 6) is -2.45. The molecule has 4 aromatic heterocycles. The first-order chi connectivity index (χ1) is 19.7. The van der Waals surface area contributed by atoms with Gasteiger partial charge in [0.05, 0.1) is 12.0 Å². The molecule has 214 valence electrons. The Bertz CT molecular complexity index is 1810. The van der Waals surface area contributed by atoms with Crippen molar-refractivity contribution in [3.63, 3.8) is 0 Å². The first-order valence-corrected chi connectivity index (χ1v) is 13.5. The Morgan fingerprint density at radius 2 is 1.95 bits per heavy atom. The topological polar surface area (TPSA) is 157 Å². The molecule has 0 saturated carbocycles. The van der Waals surface area contributed by atoms with Crippen LogP contribution in [0.15, 0.2) is 39.7 Å². The minimum absolute atomic E-state index is 0.0837. The Labute approximate surface area is 234 Å². The van der Waals surface area contributed by atoms with Gasteiger partial charge in [0, 0.05) is 51.4 Å². The smallest absolute Gasteiger partial charge is 0.344 e. The highest BCUT2D eigenvalue weighted by atomic mass is 32.1. The quantitative estimate of drug-likeness (QED) is 0.275. The van der Waals surface area contributed by atoms with Crippen LogP contribution < -0.4 is 20.2 Å². The minimum Gasteiger partial charge on any atom is -0.479 e. The van der Waals surface area contributed by atoms with Crippen molar-refractivity contribution < 1.29 is 27.8 Å². The third-order valence-electron chi connectivity index (χ3n) is 6.86. The number of thiazole rings is 1. The first kappa shape index (κ1) is 26.6. The van der Waals surface area contributed by atoms with Crippen molar-refractivity contribution in [1.29, 1.82) is 0 Å². The summed E-state index contributed by atoms with van der Waals surface area (Å²) in [6.45, 7) is 4.08. The number of hydrogen-bond donors (Lipinski definition) is 2. The number of anilines is 2. The van der Waals surface area contributed by atoms with Crippen LogP contribution in [0.1, 0.15) is 6.92 Å². The molecule has 1 fully saturated rings. The van der Waals surface area contributed by atoms with E-state index >= 15 is 0 Å². The standard InChI is InChI=1S/C25H24F2N8O5S/c1-13(23(36)37)40-18-12-16(14(26)11-15(18)27)33-7-4-32(5-8-33)6-9-34-21-19(41-25(34)38)22-29-20(17-3-2-10-39-17)31-35(22)24(28)30-21/h2-3,10-13H,4-9H2,1H3,(H2,28,30)(H,36,37)/t13-/m0/s1. The zero-order valence-electron chi connectivity index (χ0n) is 21.7. The van der Waals surface area contributed by atoms with Crippen molar-refractivity contribution >= 4 is 44.9 Å². The number of fused-ring (bicyclic) bond motifs is 3. The molecule has 0 amide bonds. The molecule has 0 unspecified atom stereocenters. The highest BCUT2D eigenvalue weighted by Gasteiger charge is 2.24. The van der Waals surface area contributed by atoms with E-state index in [2.05, 4.69) is 20.0 Å². The molecule has 1 atom stereocenters. The molecule has 3 N–H and O–H groups in total. The molecule has 0 bridgehead atoms. The summed E-state index contributed by atoms with van der Waals surface area (Å²) >= 11 is 1.01. The van der Waals surface area contributed by atoms with Crippen LogP contribution in [0.5, 0.6) is 5.75 Å². The average Bonchev–Trinajstić information content (AvgIpc) is 3.69. The second-order valence-corrected chi connectivity index (χ2v) is 10.4. The maximum Gasteiger partial charge on any atom is 0.344 e. The SMILES string of the molecule is C[C@H](Oc1cc(N2CCN(CCn3c(=O)sc4c3nc(N)n3nc(-c5ccco5)nc43)CC2)c(F)cc1F)C(=O)O. The van der Waals surface area contributed by atoms with Crippen LogP contribution in [0.2, 0.25) is 0 Å². The average molecular weight is 587 g/mol. The van der Waals surface area contributed by atoms with Crippen molar-refractivity contribution in [2.45, 2.75) is 19.6 Å². The zero-order valence-corrected chi connectivity index (χ0v) is 22.5. The number of halogens is 2. The Morgan fingerprint density at radius 1 is 1.17 bits per heavy atom. The van der Waals surface area contributed by atoms with Gasteiger partial charge in [0.25, 0.3) is 0 Å². The van der Waals surface area contributed by atoms with Gasteiger partial charge in [0.1, 0.15) is 10.5 Å². The van der Waals surface area contributed by atoms with E-state index in [1.165, 1.54) is 23.8 Å². The fourth-order valence-corrected chi connectivity index (χ4v) is 5.61. The Kier molecular flexibility index (Phi) is 6.78. The summed E-state index contributed by atoms with van der Waals surface area (Å²) < 4.78 is 42.8. The predicted molar refractivity (Wildman–Crippen MR) is 145 cm³/mol. The number of nitrogens with zero attached hydrogens (tertiary/aromatic N) is 7. The summed E-state index contributed by atoms with van der Waals surface area (Å²) in [5.41, 5.74) is 7.11. The van der Waals surface area contributed by atoms with E-state index in [1.807, 2.05) is 0 Å². The molecule has 41 heavy (non-hydrogen) atoms. The van der Waals surface area contributed by atoms with E-state index < -0.39 is 23.7 Å². The summed E-state index contributed by atoms with van der Waals surface area (Å²) in [6, 6.07) is 5.33. The molecule has 1 saturated heterocycles. The number of nitrogens with two attached hydrogens (primary N) is 1. The number of carboxylic acid groups (broad SMARTS) is 1. The van der Waals surface area contributed by atoms with Crippen LogP contribution in [0, 0.1) is 11.6 Å². The van der Waals surface area contributed by atoms with Crippen molar-refractivity contribution in [3.05, 3.63) is 51.8 Å². The van der Waals surface area contributed by atoms with Gasteiger partial charge >= 0.3 is 10.8 Å². The number of benzene rings is 1. The Morgan fingerprint density at radius 3 is 2.66 bits per heavy atom. The normalized spacial score (nSPS) is 15.1. The summed E-state index contributed by atoms with van der Waals surface area (Å²) in [7, 11) is 0. The van der Waals surface area contributed by atoms with Crippen LogP contribution in [-0.4, -0.2) is 79.0 Å². The molecule has 13 nitrogen and oxygen atoms in total. The molecule has 1 aliphatic rings. The van der Waals surface area contributed by atoms with E-state index in [-0.39, 0.29) is 22.3 Å². The molecular formula is C25H24F2N8O5S. The number of aliphatic carboxylic acids is 1. The van der Waals surface area contributed by atoms with Crippen LogP contribution in [0.3, 0.4) is 0 Å². The maximum absolute atomic E-state index is 14.6. The van der Waals surface area contributed by atoms with Gasteiger partial charge in [-0.15, -0.1) is 5.10 Å². The van der Waals surface area contributed by atoms with Crippen LogP contribution in [0.4, 0.5) is 20.4 Å². The lowest BCUT2D eigenvalue weighted by Gasteiger charge is -2.36. The van der Waals surface area contributed by atoms with Gasteiger partial charge in [-0.2, -0.15) is 9.50 Å². The number of carbonyl (C=O) groups is 1. The summed E-state index contributed by atoms with van der Waals surface area (Å²) in [6.07, 6.45) is 0.220. The van der Waals surface area contributed by atoms with Crippen molar-refractivity contribution in [1.82, 2.24) is 29.0 Å². The van der Waals surface area contributed by atoms with Gasteiger partial charge in [-0.3, -0.25) is 14.3 Å². The summed E-state index contributed by atoms with van der Waals surface area (Å²) in [4.78, 5) is 36.6. The molecule has 16 heteroatoms. The molecule has 0 aliphatic carbocycles. The third-order valence-corrected chi connectivity index (χ3v) is 7.83. The third kappa shape index (κ3) is 4.95. The number of piperazine rings is 1. The molecule has 0 radical (unpaired) electrons. The first-order valence-electron chi connectivity index (χ1n) is 12.6.